The Hall–Kier alpha value is -2.00. The summed E-state index contributed by atoms with van der Waals surface area (Å²) in [6.07, 6.45) is 0.00677. The standard InChI is InChI=1S/C18H20O3/c1-12-11-17(18(19)16-6-4-3-5-15(12)16)21-14-9-7-13(20-2)8-10-14/h3-10,12,17-19H,11H2,1-2H3. The number of rotatable bonds is 3. The summed E-state index contributed by atoms with van der Waals surface area (Å²) in [4.78, 5) is 0. The molecule has 0 bridgehead atoms. The molecule has 3 heteroatoms. The van der Waals surface area contributed by atoms with E-state index in [2.05, 4.69) is 13.0 Å². The zero-order valence-electron chi connectivity index (χ0n) is 12.3. The smallest absolute Gasteiger partial charge is 0.129 e. The number of ether oxygens (including phenoxy) is 2. The highest BCUT2D eigenvalue weighted by atomic mass is 16.5. The molecular weight excluding hydrogens is 264 g/mol. The summed E-state index contributed by atoms with van der Waals surface area (Å²) < 4.78 is 11.1. The Morgan fingerprint density at radius 2 is 1.57 bits per heavy atom. The van der Waals surface area contributed by atoms with Gasteiger partial charge in [0, 0.05) is 0 Å². The van der Waals surface area contributed by atoms with Crippen LogP contribution in [0.1, 0.15) is 36.5 Å². The van der Waals surface area contributed by atoms with Gasteiger partial charge in [-0.3, -0.25) is 0 Å². The van der Waals surface area contributed by atoms with E-state index in [1.807, 2.05) is 42.5 Å². The summed E-state index contributed by atoms with van der Waals surface area (Å²) in [6.45, 7) is 2.18. The van der Waals surface area contributed by atoms with Crippen molar-refractivity contribution in [3.05, 3.63) is 59.7 Å². The first-order valence-corrected chi connectivity index (χ1v) is 7.26. The average Bonchev–Trinajstić information content (AvgIpc) is 2.53. The Kier molecular flexibility index (Phi) is 3.84. The molecule has 0 radical (unpaired) electrons. The van der Waals surface area contributed by atoms with Crippen molar-refractivity contribution >= 4 is 0 Å². The molecule has 0 spiro atoms. The summed E-state index contributed by atoms with van der Waals surface area (Å²) in [6, 6.07) is 15.5. The molecule has 2 aromatic rings. The van der Waals surface area contributed by atoms with Crippen LogP contribution >= 0.6 is 0 Å². The minimum absolute atomic E-state index is 0.219. The van der Waals surface area contributed by atoms with Crippen LogP contribution < -0.4 is 9.47 Å². The molecule has 0 aliphatic heterocycles. The van der Waals surface area contributed by atoms with E-state index in [9.17, 15) is 5.11 Å². The zero-order chi connectivity index (χ0) is 14.8. The van der Waals surface area contributed by atoms with Gasteiger partial charge in [-0.05, 0) is 47.7 Å². The van der Waals surface area contributed by atoms with Crippen LogP contribution in [-0.2, 0) is 0 Å². The first-order chi connectivity index (χ1) is 10.2. The number of hydrogen-bond acceptors (Lipinski definition) is 3. The van der Waals surface area contributed by atoms with E-state index in [-0.39, 0.29) is 6.10 Å². The number of aliphatic hydroxyl groups excluding tert-OH is 1. The van der Waals surface area contributed by atoms with Gasteiger partial charge in [-0.1, -0.05) is 31.2 Å². The molecule has 21 heavy (non-hydrogen) atoms. The molecule has 1 aliphatic carbocycles. The van der Waals surface area contributed by atoms with Crippen LogP contribution in [0.3, 0.4) is 0 Å². The second-order valence-corrected chi connectivity index (χ2v) is 5.54. The summed E-state index contributed by atoms with van der Waals surface area (Å²) in [5.41, 5.74) is 2.20. The molecule has 3 unspecified atom stereocenters. The first-order valence-electron chi connectivity index (χ1n) is 7.26. The van der Waals surface area contributed by atoms with Gasteiger partial charge in [-0.2, -0.15) is 0 Å². The van der Waals surface area contributed by atoms with E-state index in [0.29, 0.717) is 5.92 Å². The normalized spacial score (nSPS) is 24.2. The lowest BCUT2D eigenvalue weighted by Crippen LogP contribution is -2.32. The second-order valence-electron chi connectivity index (χ2n) is 5.54. The predicted octanol–water partition coefficient (Wildman–Crippen LogP) is 3.68. The SMILES string of the molecule is COc1ccc(OC2CC(C)c3ccccc3C2O)cc1. The van der Waals surface area contributed by atoms with Gasteiger partial charge in [-0.25, -0.2) is 0 Å². The van der Waals surface area contributed by atoms with Crippen molar-refractivity contribution in [1.82, 2.24) is 0 Å². The van der Waals surface area contributed by atoms with Crippen molar-refractivity contribution in [2.75, 3.05) is 7.11 Å². The van der Waals surface area contributed by atoms with Crippen molar-refractivity contribution in [2.24, 2.45) is 0 Å². The molecule has 2 aromatic carbocycles. The summed E-state index contributed by atoms with van der Waals surface area (Å²) >= 11 is 0. The lowest BCUT2D eigenvalue weighted by molar-refractivity contribution is 0.0179. The van der Waals surface area contributed by atoms with Gasteiger partial charge in [0.15, 0.2) is 0 Å². The summed E-state index contributed by atoms with van der Waals surface area (Å²) in [7, 11) is 1.64. The van der Waals surface area contributed by atoms with Crippen LogP contribution in [0.5, 0.6) is 11.5 Å². The van der Waals surface area contributed by atoms with E-state index in [1.54, 1.807) is 7.11 Å². The fourth-order valence-electron chi connectivity index (χ4n) is 2.98. The van der Waals surface area contributed by atoms with Gasteiger partial charge in [-0.15, -0.1) is 0 Å². The third-order valence-corrected chi connectivity index (χ3v) is 4.13. The topological polar surface area (TPSA) is 38.7 Å². The van der Waals surface area contributed by atoms with E-state index >= 15 is 0 Å². The van der Waals surface area contributed by atoms with Crippen LogP contribution in [0, 0.1) is 0 Å². The molecule has 0 saturated heterocycles. The molecule has 1 N–H and O–H groups in total. The number of hydrogen-bond donors (Lipinski definition) is 1. The molecule has 1 aliphatic rings. The molecule has 3 nitrogen and oxygen atoms in total. The molecule has 3 atom stereocenters. The maximum Gasteiger partial charge on any atom is 0.129 e. The summed E-state index contributed by atoms with van der Waals surface area (Å²) in [5, 5.41) is 10.6. The van der Waals surface area contributed by atoms with E-state index in [1.165, 1.54) is 5.56 Å². The minimum atomic E-state index is -0.584. The van der Waals surface area contributed by atoms with Crippen molar-refractivity contribution in [3.8, 4) is 11.5 Å². The zero-order valence-corrected chi connectivity index (χ0v) is 12.3. The fraction of sp³-hybridized carbons (Fsp3) is 0.333. The first kappa shape index (κ1) is 14.0. The highest BCUT2D eigenvalue weighted by molar-refractivity contribution is 5.36. The lowest BCUT2D eigenvalue weighted by atomic mass is 9.80. The highest BCUT2D eigenvalue weighted by Gasteiger charge is 2.33. The average molecular weight is 284 g/mol. The Balaban J connectivity index is 1.80. The summed E-state index contributed by atoms with van der Waals surface area (Å²) in [5.74, 6) is 1.93. The molecule has 0 aromatic heterocycles. The third-order valence-electron chi connectivity index (χ3n) is 4.13. The van der Waals surface area contributed by atoms with Crippen LogP contribution in [0.15, 0.2) is 48.5 Å². The largest absolute Gasteiger partial charge is 0.497 e. The molecule has 0 amide bonds. The molecule has 0 fully saturated rings. The number of fused-ring (bicyclic) bond motifs is 1. The van der Waals surface area contributed by atoms with Gasteiger partial charge < -0.3 is 14.6 Å². The number of aliphatic hydroxyl groups is 1. The minimum Gasteiger partial charge on any atom is -0.497 e. The van der Waals surface area contributed by atoms with Crippen molar-refractivity contribution in [3.63, 3.8) is 0 Å². The van der Waals surface area contributed by atoms with Gasteiger partial charge in [0.05, 0.1) is 7.11 Å². The van der Waals surface area contributed by atoms with E-state index in [0.717, 1.165) is 23.5 Å². The molecule has 110 valence electrons. The maximum absolute atomic E-state index is 10.6. The Morgan fingerprint density at radius 1 is 0.952 bits per heavy atom. The van der Waals surface area contributed by atoms with Crippen LogP contribution in [0.25, 0.3) is 0 Å². The predicted molar refractivity (Wildman–Crippen MR) is 81.8 cm³/mol. The van der Waals surface area contributed by atoms with E-state index < -0.39 is 6.10 Å². The van der Waals surface area contributed by atoms with Crippen LogP contribution in [-0.4, -0.2) is 18.3 Å². The Labute approximate surface area is 125 Å². The fourth-order valence-corrected chi connectivity index (χ4v) is 2.98. The Bertz CT molecular complexity index is 606. The third kappa shape index (κ3) is 2.74. The van der Waals surface area contributed by atoms with Crippen molar-refractivity contribution in [2.45, 2.75) is 31.5 Å². The van der Waals surface area contributed by atoms with Crippen molar-refractivity contribution in [1.29, 1.82) is 0 Å². The maximum atomic E-state index is 10.6. The quantitative estimate of drug-likeness (QED) is 0.934. The van der Waals surface area contributed by atoms with Gasteiger partial charge in [0.25, 0.3) is 0 Å². The molecule has 0 heterocycles. The van der Waals surface area contributed by atoms with Gasteiger partial charge in [0.1, 0.15) is 23.7 Å². The molecule has 0 saturated carbocycles. The van der Waals surface area contributed by atoms with Crippen molar-refractivity contribution < 1.29 is 14.6 Å². The number of methoxy groups -OCH3 is 1. The highest BCUT2D eigenvalue weighted by Crippen LogP contribution is 2.39. The lowest BCUT2D eigenvalue weighted by Gasteiger charge is -2.34. The second kappa shape index (κ2) is 5.78. The van der Waals surface area contributed by atoms with Crippen LogP contribution in [0.4, 0.5) is 0 Å². The monoisotopic (exact) mass is 284 g/mol. The van der Waals surface area contributed by atoms with E-state index in [4.69, 9.17) is 9.47 Å². The van der Waals surface area contributed by atoms with Gasteiger partial charge in [0.2, 0.25) is 0 Å². The molecule has 3 rings (SSSR count). The molecular formula is C18H20O3. The number of benzene rings is 2. The Morgan fingerprint density at radius 3 is 2.24 bits per heavy atom. The van der Waals surface area contributed by atoms with Crippen LogP contribution in [0.2, 0.25) is 0 Å². The van der Waals surface area contributed by atoms with Gasteiger partial charge >= 0.3 is 0 Å².